The summed E-state index contributed by atoms with van der Waals surface area (Å²) in [6.45, 7) is 4.63. The van der Waals surface area contributed by atoms with Gasteiger partial charge in [-0.15, -0.1) is 11.3 Å². The summed E-state index contributed by atoms with van der Waals surface area (Å²) in [6.07, 6.45) is 0. The number of hydrogen-bond donors (Lipinski definition) is 1. The molecular formula is C9H15FN2S. The first-order chi connectivity index (χ1) is 6.24. The average Bonchev–Trinajstić information content (AvgIpc) is 2.58. The van der Waals surface area contributed by atoms with Gasteiger partial charge in [-0.2, -0.15) is 0 Å². The van der Waals surface area contributed by atoms with Crippen molar-refractivity contribution in [2.75, 3.05) is 13.2 Å². The van der Waals surface area contributed by atoms with Crippen LogP contribution >= 0.6 is 11.3 Å². The second-order valence-electron chi connectivity index (χ2n) is 3.42. The molecule has 0 aromatic carbocycles. The first-order valence-electron chi connectivity index (χ1n) is 4.41. The predicted octanol–water partition coefficient (Wildman–Crippen LogP) is 2.40. The molecule has 0 aliphatic heterocycles. The lowest BCUT2D eigenvalue weighted by Crippen LogP contribution is -2.27. The highest BCUT2D eigenvalue weighted by Crippen LogP contribution is 2.13. The molecule has 1 rings (SSSR count). The SMILES string of the molecule is CC(C)CNC(CF)c1cscn1. The van der Waals surface area contributed by atoms with Gasteiger partial charge >= 0.3 is 0 Å². The summed E-state index contributed by atoms with van der Waals surface area (Å²) in [5.74, 6) is 0.535. The summed E-state index contributed by atoms with van der Waals surface area (Å²) in [6, 6.07) is -0.228. The van der Waals surface area contributed by atoms with Crippen LogP contribution in [0.4, 0.5) is 4.39 Å². The smallest absolute Gasteiger partial charge is 0.110 e. The Morgan fingerprint density at radius 3 is 2.85 bits per heavy atom. The van der Waals surface area contributed by atoms with Crippen LogP contribution in [-0.4, -0.2) is 18.2 Å². The Kier molecular flexibility index (Phi) is 4.32. The maximum absolute atomic E-state index is 12.6. The van der Waals surface area contributed by atoms with E-state index in [1.54, 1.807) is 5.51 Å². The van der Waals surface area contributed by atoms with Gasteiger partial charge in [0.15, 0.2) is 0 Å². The van der Waals surface area contributed by atoms with E-state index in [9.17, 15) is 4.39 Å². The molecule has 0 saturated carbocycles. The standard InChI is InChI=1S/C9H15FN2S/c1-7(2)4-11-8(3-10)9-5-13-6-12-9/h5-8,11H,3-4H2,1-2H3. The molecule has 1 aromatic rings. The second kappa shape index (κ2) is 5.29. The molecule has 4 heteroatoms. The maximum Gasteiger partial charge on any atom is 0.110 e. The quantitative estimate of drug-likeness (QED) is 0.793. The van der Waals surface area contributed by atoms with Gasteiger partial charge in [0, 0.05) is 5.38 Å². The van der Waals surface area contributed by atoms with Crippen molar-refractivity contribution in [2.45, 2.75) is 19.9 Å². The fourth-order valence-electron chi connectivity index (χ4n) is 1.01. The molecule has 0 aliphatic carbocycles. The van der Waals surface area contributed by atoms with E-state index < -0.39 is 6.67 Å². The Morgan fingerprint density at radius 1 is 1.62 bits per heavy atom. The molecule has 0 fully saturated rings. The Bertz CT molecular complexity index is 224. The van der Waals surface area contributed by atoms with Crippen molar-refractivity contribution in [1.29, 1.82) is 0 Å². The molecular weight excluding hydrogens is 187 g/mol. The average molecular weight is 202 g/mol. The third-order valence-corrected chi connectivity index (χ3v) is 2.34. The highest BCUT2D eigenvalue weighted by molar-refractivity contribution is 7.07. The van der Waals surface area contributed by atoms with Crippen LogP contribution in [0.1, 0.15) is 25.6 Å². The molecule has 1 unspecified atom stereocenters. The molecule has 0 bridgehead atoms. The number of rotatable bonds is 5. The summed E-state index contributed by atoms with van der Waals surface area (Å²) in [7, 11) is 0. The number of alkyl halides is 1. The zero-order valence-electron chi connectivity index (χ0n) is 7.96. The van der Waals surface area contributed by atoms with E-state index in [1.807, 2.05) is 5.38 Å². The van der Waals surface area contributed by atoms with Gasteiger partial charge in [0.05, 0.1) is 17.2 Å². The number of nitrogens with zero attached hydrogens (tertiary/aromatic N) is 1. The molecule has 74 valence electrons. The van der Waals surface area contributed by atoms with Gasteiger partial charge < -0.3 is 5.32 Å². The monoisotopic (exact) mass is 202 g/mol. The Balaban J connectivity index is 2.44. The fourth-order valence-corrected chi connectivity index (χ4v) is 1.62. The minimum atomic E-state index is -0.392. The lowest BCUT2D eigenvalue weighted by atomic mass is 10.2. The zero-order chi connectivity index (χ0) is 9.68. The normalized spacial score (nSPS) is 13.5. The van der Waals surface area contributed by atoms with E-state index in [2.05, 4.69) is 24.1 Å². The molecule has 1 atom stereocenters. The van der Waals surface area contributed by atoms with E-state index in [1.165, 1.54) is 11.3 Å². The van der Waals surface area contributed by atoms with Gasteiger partial charge in [-0.3, -0.25) is 0 Å². The van der Waals surface area contributed by atoms with E-state index in [0.29, 0.717) is 5.92 Å². The van der Waals surface area contributed by atoms with Crippen LogP contribution in [-0.2, 0) is 0 Å². The van der Waals surface area contributed by atoms with Crippen molar-refractivity contribution in [1.82, 2.24) is 10.3 Å². The molecule has 0 radical (unpaired) electrons. The van der Waals surface area contributed by atoms with Gasteiger partial charge in [0.1, 0.15) is 6.67 Å². The number of nitrogens with one attached hydrogen (secondary N) is 1. The van der Waals surface area contributed by atoms with Crippen LogP contribution in [0.25, 0.3) is 0 Å². The fraction of sp³-hybridized carbons (Fsp3) is 0.667. The summed E-state index contributed by atoms with van der Waals surface area (Å²) >= 11 is 1.50. The van der Waals surface area contributed by atoms with Gasteiger partial charge in [-0.25, -0.2) is 9.37 Å². The number of halogens is 1. The lowest BCUT2D eigenvalue weighted by molar-refractivity contribution is 0.363. The molecule has 13 heavy (non-hydrogen) atoms. The third-order valence-electron chi connectivity index (χ3n) is 1.74. The van der Waals surface area contributed by atoms with Crippen molar-refractivity contribution in [3.8, 4) is 0 Å². The van der Waals surface area contributed by atoms with Gasteiger partial charge in [-0.05, 0) is 12.5 Å². The van der Waals surface area contributed by atoms with E-state index in [0.717, 1.165) is 12.2 Å². The summed E-state index contributed by atoms with van der Waals surface area (Å²) in [5, 5.41) is 5.03. The first kappa shape index (κ1) is 10.6. The Morgan fingerprint density at radius 2 is 2.38 bits per heavy atom. The highest BCUT2D eigenvalue weighted by Gasteiger charge is 2.12. The number of aromatic nitrogens is 1. The molecule has 1 N–H and O–H groups in total. The minimum absolute atomic E-state index is 0.228. The van der Waals surface area contributed by atoms with Crippen molar-refractivity contribution in [3.63, 3.8) is 0 Å². The highest BCUT2D eigenvalue weighted by atomic mass is 32.1. The molecule has 0 spiro atoms. The topological polar surface area (TPSA) is 24.9 Å². The van der Waals surface area contributed by atoms with Crippen LogP contribution in [0.3, 0.4) is 0 Å². The molecule has 0 amide bonds. The minimum Gasteiger partial charge on any atom is -0.306 e. The third kappa shape index (κ3) is 3.40. The zero-order valence-corrected chi connectivity index (χ0v) is 8.77. The van der Waals surface area contributed by atoms with Crippen molar-refractivity contribution < 1.29 is 4.39 Å². The van der Waals surface area contributed by atoms with E-state index in [-0.39, 0.29) is 6.04 Å². The number of hydrogen-bond acceptors (Lipinski definition) is 3. The maximum atomic E-state index is 12.6. The Labute approximate surface area is 82.2 Å². The van der Waals surface area contributed by atoms with Crippen LogP contribution in [0, 0.1) is 5.92 Å². The number of thiazole rings is 1. The molecule has 0 saturated heterocycles. The van der Waals surface area contributed by atoms with Crippen LogP contribution in [0.2, 0.25) is 0 Å². The van der Waals surface area contributed by atoms with E-state index >= 15 is 0 Å². The van der Waals surface area contributed by atoms with E-state index in [4.69, 9.17) is 0 Å². The van der Waals surface area contributed by atoms with Crippen LogP contribution in [0.15, 0.2) is 10.9 Å². The van der Waals surface area contributed by atoms with Gasteiger partial charge in [0.25, 0.3) is 0 Å². The lowest BCUT2D eigenvalue weighted by Gasteiger charge is -2.14. The van der Waals surface area contributed by atoms with Crippen LogP contribution < -0.4 is 5.32 Å². The van der Waals surface area contributed by atoms with Crippen molar-refractivity contribution >= 4 is 11.3 Å². The van der Waals surface area contributed by atoms with Crippen molar-refractivity contribution in [3.05, 3.63) is 16.6 Å². The van der Waals surface area contributed by atoms with Gasteiger partial charge in [0.2, 0.25) is 0 Å². The summed E-state index contributed by atoms with van der Waals surface area (Å²) in [5.41, 5.74) is 2.54. The molecule has 1 aromatic heterocycles. The molecule has 2 nitrogen and oxygen atoms in total. The van der Waals surface area contributed by atoms with Crippen molar-refractivity contribution in [2.24, 2.45) is 5.92 Å². The molecule has 1 heterocycles. The van der Waals surface area contributed by atoms with Crippen LogP contribution in [0.5, 0.6) is 0 Å². The predicted molar refractivity (Wildman–Crippen MR) is 53.7 cm³/mol. The first-order valence-corrected chi connectivity index (χ1v) is 5.35. The summed E-state index contributed by atoms with van der Waals surface area (Å²) < 4.78 is 12.6. The second-order valence-corrected chi connectivity index (χ2v) is 4.14. The van der Waals surface area contributed by atoms with Gasteiger partial charge in [-0.1, -0.05) is 13.8 Å². The summed E-state index contributed by atoms with van der Waals surface area (Å²) in [4.78, 5) is 4.08. The largest absolute Gasteiger partial charge is 0.306 e. The Hall–Kier alpha value is -0.480. The molecule has 0 aliphatic rings.